The van der Waals surface area contributed by atoms with E-state index in [0.717, 1.165) is 10.6 Å². The number of ether oxygens (including phenoxy) is 1. The summed E-state index contributed by atoms with van der Waals surface area (Å²) in [6.07, 6.45) is -4.00. The van der Waals surface area contributed by atoms with Gasteiger partial charge in [0.05, 0.1) is 17.7 Å². The average molecular weight is 375 g/mol. The van der Waals surface area contributed by atoms with Crippen LogP contribution < -0.4 is 15.6 Å². The Balaban J connectivity index is 2.25. The fourth-order valence-corrected chi connectivity index (χ4v) is 2.35. The summed E-state index contributed by atoms with van der Waals surface area (Å²) in [5, 5.41) is 2.75. The van der Waals surface area contributed by atoms with Gasteiger partial charge in [0.15, 0.2) is 0 Å². The summed E-state index contributed by atoms with van der Waals surface area (Å²) in [5.41, 5.74) is -1.41. The number of carbonyl (C=O) groups is 1. The van der Waals surface area contributed by atoms with Gasteiger partial charge < -0.3 is 14.6 Å². The highest BCUT2D eigenvalue weighted by Crippen LogP contribution is 2.29. The Labute approximate surface area is 146 Å². The number of amides is 1. The topological polar surface area (TPSA) is 60.3 Å². The Morgan fingerprint density at radius 2 is 1.96 bits per heavy atom. The predicted molar refractivity (Wildman–Crippen MR) is 87.0 cm³/mol. The summed E-state index contributed by atoms with van der Waals surface area (Å²) < 4.78 is 44.1. The molecule has 0 fully saturated rings. The first-order valence-corrected chi connectivity index (χ1v) is 7.45. The molecule has 1 N–H and O–H groups in total. The maximum atomic E-state index is 12.8. The monoisotopic (exact) mass is 374 g/mol. The summed E-state index contributed by atoms with van der Waals surface area (Å²) in [7, 11) is 1.43. The highest BCUT2D eigenvalue weighted by Gasteiger charge is 2.32. The zero-order valence-electron chi connectivity index (χ0n) is 13.2. The lowest BCUT2D eigenvalue weighted by molar-refractivity contribution is -0.138. The molecule has 1 unspecified atom stereocenters. The molecule has 0 radical (unpaired) electrons. The van der Waals surface area contributed by atoms with E-state index in [1.54, 1.807) is 0 Å². The molecule has 1 amide bonds. The minimum atomic E-state index is -4.62. The highest BCUT2D eigenvalue weighted by molar-refractivity contribution is 6.32. The molecule has 0 aliphatic rings. The van der Waals surface area contributed by atoms with Crippen molar-refractivity contribution < 1.29 is 22.7 Å². The van der Waals surface area contributed by atoms with Gasteiger partial charge in [-0.15, -0.1) is 0 Å². The highest BCUT2D eigenvalue weighted by atomic mass is 35.5. The van der Waals surface area contributed by atoms with Gasteiger partial charge in [-0.25, -0.2) is 0 Å². The van der Waals surface area contributed by atoms with Gasteiger partial charge in [-0.05, 0) is 31.2 Å². The SMILES string of the molecule is COc1ccc(NC(=O)C(C)n2cc(C(F)(F)F)ccc2=O)cc1Cl. The number of nitrogens with zero attached hydrogens (tertiary/aromatic N) is 1. The number of halogens is 4. The average Bonchev–Trinajstić information content (AvgIpc) is 2.53. The number of hydrogen-bond donors (Lipinski definition) is 1. The Bertz CT molecular complexity index is 849. The molecular weight excluding hydrogens is 361 g/mol. The maximum Gasteiger partial charge on any atom is 0.417 e. The minimum Gasteiger partial charge on any atom is -0.495 e. The molecule has 0 bridgehead atoms. The summed E-state index contributed by atoms with van der Waals surface area (Å²) in [6.45, 7) is 1.32. The van der Waals surface area contributed by atoms with E-state index in [1.807, 2.05) is 0 Å². The zero-order valence-corrected chi connectivity index (χ0v) is 14.0. The molecule has 25 heavy (non-hydrogen) atoms. The Morgan fingerprint density at radius 3 is 2.52 bits per heavy atom. The van der Waals surface area contributed by atoms with Crippen molar-refractivity contribution in [2.75, 3.05) is 12.4 Å². The van der Waals surface area contributed by atoms with Crippen LogP contribution >= 0.6 is 11.6 Å². The lowest BCUT2D eigenvalue weighted by Gasteiger charge is -2.17. The molecule has 0 saturated heterocycles. The van der Waals surface area contributed by atoms with Gasteiger partial charge in [-0.1, -0.05) is 11.6 Å². The first-order chi connectivity index (χ1) is 11.6. The fourth-order valence-electron chi connectivity index (χ4n) is 2.09. The second-order valence-electron chi connectivity index (χ2n) is 5.18. The van der Waals surface area contributed by atoms with Crippen LogP contribution in [0, 0.1) is 0 Å². The normalized spacial score (nSPS) is 12.6. The number of hydrogen-bond acceptors (Lipinski definition) is 3. The lowest BCUT2D eigenvalue weighted by Crippen LogP contribution is -2.31. The maximum absolute atomic E-state index is 12.8. The van der Waals surface area contributed by atoms with E-state index in [-0.39, 0.29) is 5.02 Å². The van der Waals surface area contributed by atoms with E-state index >= 15 is 0 Å². The second-order valence-corrected chi connectivity index (χ2v) is 5.58. The number of aromatic nitrogens is 1. The van der Waals surface area contributed by atoms with Gasteiger partial charge in [-0.2, -0.15) is 13.2 Å². The first-order valence-electron chi connectivity index (χ1n) is 7.07. The molecule has 0 saturated carbocycles. The molecule has 9 heteroatoms. The second kappa shape index (κ2) is 7.18. The van der Waals surface area contributed by atoms with E-state index in [0.29, 0.717) is 23.7 Å². The van der Waals surface area contributed by atoms with Crippen LogP contribution in [0.4, 0.5) is 18.9 Å². The third-order valence-electron chi connectivity index (χ3n) is 3.48. The molecule has 2 rings (SSSR count). The van der Waals surface area contributed by atoms with Crippen molar-refractivity contribution in [3.63, 3.8) is 0 Å². The zero-order chi connectivity index (χ0) is 18.8. The third-order valence-corrected chi connectivity index (χ3v) is 3.78. The standard InChI is InChI=1S/C16H14ClF3N2O3/c1-9(22-8-10(16(18,19)20)3-6-14(22)23)15(24)21-11-4-5-13(25-2)12(17)7-11/h3-9H,1-2H3,(H,21,24). The predicted octanol–water partition coefficient (Wildman–Crippen LogP) is 3.73. The molecule has 134 valence electrons. The van der Waals surface area contributed by atoms with Gasteiger partial charge in [-0.3, -0.25) is 9.59 Å². The largest absolute Gasteiger partial charge is 0.495 e. The molecule has 1 aromatic heterocycles. The van der Waals surface area contributed by atoms with Gasteiger partial charge in [0.2, 0.25) is 5.91 Å². The van der Waals surface area contributed by atoms with Crippen molar-refractivity contribution in [2.24, 2.45) is 0 Å². The van der Waals surface area contributed by atoms with Gasteiger partial charge in [0, 0.05) is 18.0 Å². The smallest absolute Gasteiger partial charge is 0.417 e. The van der Waals surface area contributed by atoms with E-state index in [1.165, 1.54) is 32.2 Å². The van der Waals surface area contributed by atoms with Crippen LogP contribution in [0.15, 0.2) is 41.3 Å². The Morgan fingerprint density at radius 1 is 1.28 bits per heavy atom. The molecule has 1 atom stereocenters. The third kappa shape index (κ3) is 4.33. The molecule has 0 aliphatic carbocycles. The van der Waals surface area contributed by atoms with Crippen LogP contribution in [-0.2, 0) is 11.0 Å². The van der Waals surface area contributed by atoms with Crippen molar-refractivity contribution in [3.8, 4) is 5.75 Å². The van der Waals surface area contributed by atoms with E-state index in [4.69, 9.17) is 16.3 Å². The number of alkyl halides is 3. The fraction of sp³-hybridized carbons (Fsp3) is 0.250. The van der Waals surface area contributed by atoms with Crippen LogP contribution in [0.5, 0.6) is 5.75 Å². The van der Waals surface area contributed by atoms with Crippen molar-refractivity contribution in [1.29, 1.82) is 0 Å². The number of benzene rings is 1. The first kappa shape index (κ1) is 18.9. The van der Waals surface area contributed by atoms with Gasteiger partial charge >= 0.3 is 6.18 Å². The molecule has 2 aromatic rings. The lowest BCUT2D eigenvalue weighted by atomic mass is 10.2. The molecule has 0 aliphatic heterocycles. The number of anilines is 1. The van der Waals surface area contributed by atoms with Crippen LogP contribution in [0.1, 0.15) is 18.5 Å². The Hall–Kier alpha value is -2.48. The number of methoxy groups -OCH3 is 1. The molecule has 0 spiro atoms. The number of pyridine rings is 1. The summed E-state index contributed by atoms with van der Waals surface area (Å²) >= 11 is 5.95. The number of nitrogens with one attached hydrogen (secondary N) is 1. The van der Waals surface area contributed by atoms with Gasteiger partial charge in [0.1, 0.15) is 11.8 Å². The molecule has 1 aromatic carbocycles. The van der Waals surface area contributed by atoms with E-state index in [2.05, 4.69) is 5.32 Å². The van der Waals surface area contributed by atoms with Crippen molar-refractivity contribution in [2.45, 2.75) is 19.1 Å². The van der Waals surface area contributed by atoms with Crippen molar-refractivity contribution >= 4 is 23.2 Å². The van der Waals surface area contributed by atoms with Crippen molar-refractivity contribution in [1.82, 2.24) is 4.57 Å². The van der Waals surface area contributed by atoms with Crippen LogP contribution in [0.2, 0.25) is 5.02 Å². The summed E-state index contributed by atoms with van der Waals surface area (Å²) in [4.78, 5) is 24.1. The number of rotatable bonds is 4. The van der Waals surface area contributed by atoms with E-state index < -0.39 is 29.2 Å². The van der Waals surface area contributed by atoms with Crippen LogP contribution in [0.25, 0.3) is 0 Å². The summed E-state index contributed by atoms with van der Waals surface area (Å²) in [5.74, 6) is -0.260. The van der Waals surface area contributed by atoms with Crippen LogP contribution in [0.3, 0.4) is 0 Å². The van der Waals surface area contributed by atoms with Gasteiger partial charge in [0.25, 0.3) is 5.56 Å². The number of carbonyl (C=O) groups excluding carboxylic acids is 1. The molecule has 1 heterocycles. The molecule has 5 nitrogen and oxygen atoms in total. The quantitative estimate of drug-likeness (QED) is 0.887. The van der Waals surface area contributed by atoms with Crippen LogP contribution in [-0.4, -0.2) is 17.6 Å². The Kier molecular flexibility index (Phi) is 5.42. The molecular formula is C16H14ClF3N2O3. The van der Waals surface area contributed by atoms with Crippen molar-refractivity contribution in [3.05, 3.63) is 57.5 Å². The minimum absolute atomic E-state index is 0.254. The summed E-state index contributed by atoms with van der Waals surface area (Å²) in [6, 6.07) is 4.77. The van der Waals surface area contributed by atoms with E-state index in [9.17, 15) is 22.8 Å².